The molecule has 1 atom stereocenters. The van der Waals surface area contributed by atoms with Gasteiger partial charge in [-0.05, 0) is 74.0 Å². The highest BCUT2D eigenvalue weighted by Crippen LogP contribution is 2.21. The van der Waals surface area contributed by atoms with Crippen LogP contribution in [-0.2, 0) is 14.8 Å². The second-order valence-electron chi connectivity index (χ2n) is 7.18. The van der Waals surface area contributed by atoms with Gasteiger partial charge in [-0.2, -0.15) is 0 Å². The van der Waals surface area contributed by atoms with E-state index in [9.17, 15) is 13.2 Å². The van der Waals surface area contributed by atoms with Gasteiger partial charge >= 0.3 is 0 Å². The van der Waals surface area contributed by atoms with Crippen LogP contribution in [0, 0.1) is 6.92 Å². The van der Waals surface area contributed by atoms with E-state index in [0.29, 0.717) is 29.3 Å². The molecule has 0 heterocycles. The summed E-state index contributed by atoms with van der Waals surface area (Å²) in [4.78, 5) is 12.7. The monoisotopic (exact) mass is 454 g/mol. The van der Waals surface area contributed by atoms with Gasteiger partial charge in [0.25, 0.3) is 15.9 Å². The summed E-state index contributed by atoms with van der Waals surface area (Å²) in [5.74, 6) is 0.938. The first kappa shape index (κ1) is 23.1. The zero-order valence-electron chi connectivity index (χ0n) is 18.2. The van der Waals surface area contributed by atoms with Gasteiger partial charge in [0.15, 0.2) is 6.10 Å². The van der Waals surface area contributed by atoms with E-state index in [4.69, 9.17) is 9.47 Å². The summed E-state index contributed by atoms with van der Waals surface area (Å²) in [6.45, 7) is 3.84. The molecule has 2 N–H and O–H groups in total. The number of amides is 1. The van der Waals surface area contributed by atoms with Gasteiger partial charge in [-0.3, -0.25) is 9.52 Å². The van der Waals surface area contributed by atoms with Gasteiger partial charge in [0.2, 0.25) is 0 Å². The molecule has 3 rings (SSSR count). The molecule has 32 heavy (non-hydrogen) atoms. The van der Waals surface area contributed by atoms with Crippen molar-refractivity contribution in [2.75, 3.05) is 17.1 Å². The zero-order valence-corrected chi connectivity index (χ0v) is 19.0. The predicted octanol–water partition coefficient (Wildman–Crippen LogP) is 4.60. The zero-order chi connectivity index (χ0) is 23.1. The standard InChI is InChI=1S/C24H26N2O5S/c1-4-23(31-21-11-5-17(2)6-12-21)24(27)25-18-9-15-22(16-10-18)32(28,29)26-19-7-13-20(30-3)14-8-19/h5-16,23,26H,4H2,1-3H3,(H,25,27)/t23-/m1/s1. The first-order valence-corrected chi connectivity index (χ1v) is 11.6. The van der Waals surface area contributed by atoms with Crippen LogP contribution in [0.3, 0.4) is 0 Å². The Balaban J connectivity index is 1.64. The van der Waals surface area contributed by atoms with Crippen molar-refractivity contribution in [1.29, 1.82) is 0 Å². The number of hydrogen-bond acceptors (Lipinski definition) is 5. The summed E-state index contributed by atoms with van der Waals surface area (Å²) in [5, 5.41) is 2.77. The Labute approximate surface area is 188 Å². The average molecular weight is 455 g/mol. The Hall–Kier alpha value is -3.52. The number of sulfonamides is 1. The molecule has 8 heteroatoms. The molecule has 0 unspecified atom stereocenters. The van der Waals surface area contributed by atoms with Crippen molar-refractivity contribution in [2.45, 2.75) is 31.3 Å². The quantitative estimate of drug-likeness (QED) is 0.493. The van der Waals surface area contributed by atoms with Crippen molar-refractivity contribution in [3.63, 3.8) is 0 Å². The molecule has 0 aliphatic heterocycles. The fourth-order valence-corrected chi connectivity index (χ4v) is 3.98. The van der Waals surface area contributed by atoms with Crippen molar-refractivity contribution in [3.05, 3.63) is 78.4 Å². The number of benzene rings is 3. The van der Waals surface area contributed by atoms with E-state index in [1.54, 1.807) is 36.4 Å². The second-order valence-corrected chi connectivity index (χ2v) is 8.86. The van der Waals surface area contributed by atoms with E-state index in [1.165, 1.54) is 19.2 Å². The molecular weight excluding hydrogens is 428 g/mol. The third-order valence-electron chi connectivity index (χ3n) is 4.74. The predicted molar refractivity (Wildman–Crippen MR) is 125 cm³/mol. The van der Waals surface area contributed by atoms with Crippen LogP contribution in [0.1, 0.15) is 18.9 Å². The van der Waals surface area contributed by atoms with E-state index >= 15 is 0 Å². The SMILES string of the molecule is CC[C@@H](Oc1ccc(C)cc1)C(=O)Nc1ccc(S(=O)(=O)Nc2ccc(OC)cc2)cc1. The number of carbonyl (C=O) groups excluding carboxylic acids is 1. The molecule has 0 radical (unpaired) electrons. The van der Waals surface area contributed by atoms with Gasteiger partial charge in [0.1, 0.15) is 11.5 Å². The van der Waals surface area contributed by atoms with Crippen molar-refractivity contribution in [2.24, 2.45) is 0 Å². The third kappa shape index (κ3) is 6.01. The largest absolute Gasteiger partial charge is 0.497 e. The summed E-state index contributed by atoms with van der Waals surface area (Å²) in [7, 11) is -2.23. The second kappa shape index (κ2) is 10.2. The lowest BCUT2D eigenvalue weighted by Crippen LogP contribution is -2.32. The highest BCUT2D eigenvalue weighted by Gasteiger charge is 2.19. The lowest BCUT2D eigenvalue weighted by molar-refractivity contribution is -0.122. The van der Waals surface area contributed by atoms with Crippen LogP contribution in [0.5, 0.6) is 11.5 Å². The van der Waals surface area contributed by atoms with E-state index in [-0.39, 0.29) is 10.8 Å². The van der Waals surface area contributed by atoms with Gasteiger partial charge in [0, 0.05) is 11.4 Å². The molecule has 3 aromatic carbocycles. The number of rotatable bonds is 9. The fourth-order valence-electron chi connectivity index (χ4n) is 2.92. The van der Waals surface area contributed by atoms with E-state index < -0.39 is 16.1 Å². The van der Waals surface area contributed by atoms with Crippen LogP contribution in [-0.4, -0.2) is 27.5 Å². The first-order valence-electron chi connectivity index (χ1n) is 10.1. The Morgan fingerprint density at radius 2 is 1.44 bits per heavy atom. The van der Waals surface area contributed by atoms with E-state index in [1.807, 2.05) is 38.1 Å². The van der Waals surface area contributed by atoms with Crippen LogP contribution in [0.2, 0.25) is 0 Å². The minimum atomic E-state index is -3.77. The van der Waals surface area contributed by atoms with Crippen LogP contribution in [0.15, 0.2) is 77.7 Å². The first-order chi connectivity index (χ1) is 15.3. The van der Waals surface area contributed by atoms with Crippen LogP contribution >= 0.6 is 0 Å². The highest BCUT2D eigenvalue weighted by molar-refractivity contribution is 7.92. The molecule has 7 nitrogen and oxygen atoms in total. The number of anilines is 2. The van der Waals surface area contributed by atoms with Crippen molar-refractivity contribution >= 4 is 27.3 Å². The molecule has 0 saturated heterocycles. The summed E-state index contributed by atoms with van der Waals surface area (Å²) in [6.07, 6.45) is -0.185. The molecule has 0 aliphatic carbocycles. The summed E-state index contributed by atoms with van der Waals surface area (Å²) in [6, 6.07) is 20.0. The van der Waals surface area contributed by atoms with Gasteiger partial charge in [-0.1, -0.05) is 24.6 Å². The lowest BCUT2D eigenvalue weighted by atomic mass is 10.2. The number of methoxy groups -OCH3 is 1. The number of nitrogens with one attached hydrogen (secondary N) is 2. The number of aryl methyl sites for hydroxylation is 1. The van der Waals surface area contributed by atoms with Crippen molar-refractivity contribution in [3.8, 4) is 11.5 Å². The van der Waals surface area contributed by atoms with Crippen molar-refractivity contribution < 1.29 is 22.7 Å². The van der Waals surface area contributed by atoms with Crippen LogP contribution in [0.25, 0.3) is 0 Å². The smallest absolute Gasteiger partial charge is 0.265 e. The van der Waals surface area contributed by atoms with Crippen molar-refractivity contribution in [1.82, 2.24) is 0 Å². The number of carbonyl (C=O) groups is 1. The Kier molecular flexibility index (Phi) is 7.37. The lowest BCUT2D eigenvalue weighted by Gasteiger charge is -2.17. The van der Waals surface area contributed by atoms with Crippen LogP contribution < -0.4 is 19.5 Å². The number of hydrogen-bond donors (Lipinski definition) is 2. The van der Waals surface area contributed by atoms with Gasteiger partial charge in [0.05, 0.1) is 12.0 Å². The van der Waals surface area contributed by atoms with Crippen LogP contribution in [0.4, 0.5) is 11.4 Å². The molecule has 1 amide bonds. The molecule has 0 aliphatic rings. The molecular formula is C24H26N2O5S. The molecule has 0 saturated carbocycles. The highest BCUT2D eigenvalue weighted by atomic mass is 32.2. The van der Waals surface area contributed by atoms with Gasteiger partial charge in [-0.15, -0.1) is 0 Å². The summed E-state index contributed by atoms with van der Waals surface area (Å²) in [5.41, 5.74) is 2.00. The number of ether oxygens (including phenoxy) is 2. The maximum Gasteiger partial charge on any atom is 0.265 e. The molecule has 0 fully saturated rings. The maximum atomic E-state index is 12.6. The Morgan fingerprint density at radius 3 is 2.00 bits per heavy atom. The van der Waals surface area contributed by atoms with E-state index in [2.05, 4.69) is 10.0 Å². The Bertz CT molecular complexity index is 1140. The third-order valence-corrected chi connectivity index (χ3v) is 6.13. The van der Waals surface area contributed by atoms with E-state index in [0.717, 1.165) is 5.56 Å². The normalized spacial score (nSPS) is 12.0. The van der Waals surface area contributed by atoms with Gasteiger partial charge in [-0.25, -0.2) is 8.42 Å². The summed E-state index contributed by atoms with van der Waals surface area (Å²) < 4.78 is 38.6. The topological polar surface area (TPSA) is 93.7 Å². The fraction of sp³-hybridized carbons (Fsp3) is 0.208. The summed E-state index contributed by atoms with van der Waals surface area (Å²) >= 11 is 0. The minimum Gasteiger partial charge on any atom is -0.497 e. The minimum absolute atomic E-state index is 0.0780. The molecule has 3 aromatic rings. The van der Waals surface area contributed by atoms with Gasteiger partial charge < -0.3 is 14.8 Å². The molecule has 168 valence electrons. The molecule has 0 bridgehead atoms. The molecule has 0 aromatic heterocycles. The Morgan fingerprint density at radius 1 is 0.875 bits per heavy atom. The average Bonchev–Trinajstić information content (AvgIpc) is 2.79. The molecule has 0 spiro atoms. The maximum absolute atomic E-state index is 12.6.